The Hall–Kier alpha value is -1.72. The van der Waals surface area contributed by atoms with Gasteiger partial charge in [0.2, 0.25) is 23.6 Å². The van der Waals surface area contributed by atoms with E-state index in [1.54, 1.807) is 0 Å². The summed E-state index contributed by atoms with van der Waals surface area (Å²) in [6.07, 6.45) is 4.57. The van der Waals surface area contributed by atoms with E-state index in [1.807, 2.05) is 0 Å². The van der Waals surface area contributed by atoms with E-state index in [1.165, 1.54) is 0 Å². The highest BCUT2D eigenvalue weighted by Gasteiger charge is 2.52. The predicted octanol–water partition coefficient (Wildman–Crippen LogP) is 0.357. The Kier molecular flexibility index (Phi) is 3.31. The van der Waals surface area contributed by atoms with Gasteiger partial charge >= 0.3 is 0 Å². The summed E-state index contributed by atoms with van der Waals surface area (Å²) in [5.41, 5.74) is 0. The summed E-state index contributed by atoms with van der Waals surface area (Å²) in [6, 6.07) is -0.799. The molecule has 1 saturated carbocycles. The van der Waals surface area contributed by atoms with Crippen LogP contribution in [0.2, 0.25) is 0 Å². The number of hydrogen-bond acceptors (Lipinski definition) is 4. The Bertz CT molecular complexity index is 464. The number of amides is 4. The van der Waals surface area contributed by atoms with Crippen molar-refractivity contribution >= 4 is 23.6 Å². The van der Waals surface area contributed by atoms with Crippen LogP contribution in [0, 0.1) is 11.8 Å². The second-order valence-electron chi connectivity index (χ2n) is 5.86. The molecule has 20 heavy (non-hydrogen) atoms. The number of nitrogens with one attached hydrogen (secondary N) is 1. The fraction of sp³-hybridized carbons (Fsp3) is 0.714. The first kappa shape index (κ1) is 13.3. The Labute approximate surface area is 116 Å². The normalized spacial score (nSPS) is 34.8. The van der Waals surface area contributed by atoms with Crippen molar-refractivity contribution < 1.29 is 19.2 Å². The summed E-state index contributed by atoms with van der Waals surface area (Å²) in [5, 5.41) is 2.27. The second kappa shape index (κ2) is 5.00. The third-order valence-electron chi connectivity index (χ3n) is 4.63. The molecule has 0 aromatic carbocycles. The van der Waals surface area contributed by atoms with Crippen LogP contribution in [0.25, 0.3) is 0 Å². The van der Waals surface area contributed by atoms with Crippen molar-refractivity contribution in [3.8, 4) is 0 Å². The van der Waals surface area contributed by atoms with Gasteiger partial charge < -0.3 is 0 Å². The summed E-state index contributed by atoms with van der Waals surface area (Å²) < 4.78 is 0. The molecule has 108 valence electrons. The Morgan fingerprint density at radius 2 is 1.45 bits per heavy atom. The number of imide groups is 2. The van der Waals surface area contributed by atoms with Crippen LogP contribution >= 0.6 is 0 Å². The van der Waals surface area contributed by atoms with Crippen molar-refractivity contribution in [2.75, 3.05) is 0 Å². The average Bonchev–Trinajstić information content (AvgIpc) is 2.57. The molecule has 3 unspecified atom stereocenters. The number of fused-ring (bicyclic) bond motifs is 1. The van der Waals surface area contributed by atoms with E-state index in [2.05, 4.69) is 5.32 Å². The number of carbonyl (C=O) groups excluding carboxylic acids is 4. The molecular formula is C14H18N2O4. The fourth-order valence-electron chi connectivity index (χ4n) is 3.61. The van der Waals surface area contributed by atoms with Crippen LogP contribution < -0.4 is 5.32 Å². The number of nitrogens with zero attached hydrogens (tertiary/aromatic N) is 1. The third kappa shape index (κ3) is 2.03. The second-order valence-corrected chi connectivity index (χ2v) is 5.86. The molecule has 2 aliphatic heterocycles. The molecule has 3 atom stereocenters. The molecule has 1 aliphatic carbocycles. The first-order valence-corrected chi connectivity index (χ1v) is 7.30. The minimum Gasteiger partial charge on any atom is -0.295 e. The maximum Gasteiger partial charge on any atom is 0.249 e. The zero-order valence-corrected chi connectivity index (χ0v) is 11.3. The lowest BCUT2D eigenvalue weighted by atomic mass is 9.81. The molecule has 2 saturated heterocycles. The topological polar surface area (TPSA) is 83.6 Å². The lowest BCUT2D eigenvalue weighted by molar-refractivity contribution is -0.148. The van der Waals surface area contributed by atoms with E-state index >= 15 is 0 Å². The Morgan fingerprint density at radius 1 is 0.850 bits per heavy atom. The van der Waals surface area contributed by atoms with E-state index in [0.29, 0.717) is 12.8 Å². The van der Waals surface area contributed by atoms with Crippen LogP contribution in [0.1, 0.15) is 44.9 Å². The smallest absolute Gasteiger partial charge is 0.249 e. The van der Waals surface area contributed by atoms with Gasteiger partial charge in [0.05, 0.1) is 11.8 Å². The molecule has 2 heterocycles. The van der Waals surface area contributed by atoms with Gasteiger partial charge in [-0.3, -0.25) is 29.4 Å². The van der Waals surface area contributed by atoms with Crippen molar-refractivity contribution in [2.24, 2.45) is 11.8 Å². The van der Waals surface area contributed by atoms with E-state index in [4.69, 9.17) is 0 Å². The van der Waals surface area contributed by atoms with E-state index in [0.717, 1.165) is 30.6 Å². The van der Waals surface area contributed by atoms with Crippen LogP contribution in [0.5, 0.6) is 0 Å². The first-order valence-electron chi connectivity index (χ1n) is 7.30. The Balaban J connectivity index is 1.85. The van der Waals surface area contributed by atoms with Crippen molar-refractivity contribution in [1.82, 2.24) is 10.2 Å². The molecule has 4 amide bonds. The summed E-state index contributed by atoms with van der Waals surface area (Å²) in [5.74, 6) is -1.75. The number of rotatable bonds is 1. The van der Waals surface area contributed by atoms with Gasteiger partial charge in [-0.05, 0) is 25.7 Å². The number of hydrogen-bond donors (Lipinski definition) is 1. The van der Waals surface area contributed by atoms with E-state index in [9.17, 15) is 19.2 Å². The monoisotopic (exact) mass is 278 g/mol. The van der Waals surface area contributed by atoms with Gasteiger partial charge in [0.15, 0.2) is 0 Å². The highest BCUT2D eigenvalue weighted by atomic mass is 16.2. The van der Waals surface area contributed by atoms with Gasteiger partial charge in [-0.1, -0.05) is 12.8 Å². The van der Waals surface area contributed by atoms with E-state index < -0.39 is 11.9 Å². The van der Waals surface area contributed by atoms with Gasteiger partial charge in [0, 0.05) is 6.42 Å². The zero-order chi connectivity index (χ0) is 14.3. The van der Waals surface area contributed by atoms with Crippen LogP contribution in [0.4, 0.5) is 0 Å². The van der Waals surface area contributed by atoms with Gasteiger partial charge in [-0.2, -0.15) is 0 Å². The summed E-state index contributed by atoms with van der Waals surface area (Å²) in [4.78, 5) is 49.4. The highest BCUT2D eigenvalue weighted by Crippen LogP contribution is 2.39. The summed E-state index contributed by atoms with van der Waals surface area (Å²) in [6.45, 7) is 0. The van der Waals surface area contributed by atoms with Gasteiger partial charge in [0.25, 0.3) is 0 Å². The van der Waals surface area contributed by atoms with Crippen molar-refractivity contribution in [3.63, 3.8) is 0 Å². The van der Waals surface area contributed by atoms with Gasteiger partial charge in [-0.15, -0.1) is 0 Å². The van der Waals surface area contributed by atoms with E-state index in [-0.39, 0.29) is 36.0 Å². The molecule has 0 spiro atoms. The number of carbonyl (C=O) groups is 4. The predicted molar refractivity (Wildman–Crippen MR) is 68.1 cm³/mol. The molecule has 3 fully saturated rings. The molecule has 0 radical (unpaired) electrons. The van der Waals surface area contributed by atoms with Crippen LogP contribution in [-0.2, 0) is 19.2 Å². The first-order chi connectivity index (χ1) is 9.59. The molecular weight excluding hydrogens is 260 g/mol. The van der Waals surface area contributed by atoms with Gasteiger partial charge in [-0.25, -0.2) is 0 Å². The SMILES string of the molecule is O=C1CCCC(N2C(=O)C3CCCCC3C2=O)C(=O)N1. The minimum atomic E-state index is -0.799. The minimum absolute atomic E-state index is 0.214. The molecule has 6 heteroatoms. The van der Waals surface area contributed by atoms with Crippen molar-refractivity contribution in [2.45, 2.75) is 51.0 Å². The molecule has 0 aromatic heterocycles. The fourth-order valence-corrected chi connectivity index (χ4v) is 3.61. The maximum absolute atomic E-state index is 12.4. The lowest BCUT2D eigenvalue weighted by Crippen LogP contribution is -2.49. The average molecular weight is 278 g/mol. The van der Waals surface area contributed by atoms with Gasteiger partial charge in [0.1, 0.15) is 6.04 Å². The molecule has 0 bridgehead atoms. The standard InChI is InChI=1S/C14H18N2O4/c17-11-7-3-6-10(12(18)15-11)16-13(19)8-4-1-2-5-9(8)14(16)20/h8-10H,1-7H2,(H,15,17,18). The molecule has 3 rings (SSSR count). The largest absolute Gasteiger partial charge is 0.295 e. The molecule has 6 nitrogen and oxygen atoms in total. The van der Waals surface area contributed by atoms with Crippen molar-refractivity contribution in [1.29, 1.82) is 0 Å². The third-order valence-corrected chi connectivity index (χ3v) is 4.63. The highest BCUT2D eigenvalue weighted by molar-refractivity contribution is 6.10. The summed E-state index contributed by atoms with van der Waals surface area (Å²) in [7, 11) is 0. The Morgan fingerprint density at radius 3 is 2.05 bits per heavy atom. The number of likely N-dealkylation sites (tertiary alicyclic amines) is 1. The van der Waals surface area contributed by atoms with Crippen LogP contribution in [-0.4, -0.2) is 34.6 Å². The van der Waals surface area contributed by atoms with Crippen LogP contribution in [0.3, 0.4) is 0 Å². The summed E-state index contributed by atoms with van der Waals surface area (Å²) >= 11 is 0. The maximum atomic E-state index is 12.4. The molecule has 3 aliphatic rings. The lowest BCUT2D eigenvalue weighted by Gasteiger charge is -2.23. The zero-order valence-electron chi connectivity index (χ0n) is 11.3. The van der Waals surface area contributed by atoms with Crippen molar-refractivity contribution in [3.05, 3.63) is 0 Å². The quantitative estimate of drug-likeness (QED) is 0.702. The van der Waals surface area contributed by atoms with Crippen LogP contribution in [0.15, 0.2) is 0 Å². The molecule has 0 aromatic rings. The molecule has 1 N–H and O–H groups in total.